The molecule has 0 unspecified atom stereocenters. The molecule has 1 aromatic rings. The maximum atomic E-state index is 12.7. The lowest BCUT2D eigenvalue weighted by Gasteiger charge is -2.06. The molecule has 0 radical (unpaired) electrons. The zero-order valence-electron chi connectivity index (χ0n) is 7.64. The van der Waals surface area contributed by atoms with Crippen molar-refractivity contribution in [3.63, 3.8) is 0 Å². The molecule has 0 bridgehead atoms. The number of rotatable bonds is 2. The maximum absolute atomic E-state index is 12.7. The molecule has 1 rings (SSSR count). The Balaban J connectivity index is 3.03. The average Bonchev–Trinajstić information content (AvgIpc) is 2.16. The van der Waals surface area contributed by atoms with Crippen LogP contribution in [0.15, 0.2) is 18.2 Å². The van der Waals surface area contributed by atoms with E-state index in [4.69, 9.17) is 5.73 Å². The van der Waals surface area contributed by atoms with Crippen molar-refractivity contribution in [3.8, 4) is 17.6 Å². The molecule has 0 heterocycles. The van der Waals surface area contributed by atoms with Gasteiger partial charge in [-0.25, -0.2) is 4.39 Å². The van der Waals surface area contributed by atoms with E-state index in [0.717, 1.165) is 12.1 Å². The molecule has 0 atom stereocenters. The van der Waals surface area contributed by atoms with Gasteiger partial charge in [0.2, 0.25) is 0 Å². The number of alkyl halides is 2. The van der Waals surface area contributed by atoms with Crippen LogP contribution >= 0.6 is 0 Å². The van der Waals surface area contributed by atoms with Crippen molar-refractivity contribution in [2.24, 2.45) is 5.73 Å². The predicted octanol–water partition coefficient (Wildman–Crippen LogP) is 1.74. The summed E-state index contributed by atoms with van der Waals surface area (Å²) in [5, 5.41) is 0. The second-order valence-electron chi connectivity index (χ2n) is 2.52. The number of hydrogen-bond donors (Lipinski definition) is 1. The highest BCUT2D eigenvalue weighted by atomic mass is 19.3. The molecular weight excluding hydrogens is 207 g/mol. The van der Waals surface area contributed by atoms with Crippen molar-refractivity contribution in [1.82, 2.24) is 0 Å². The van der Waals surface area contributed by atoms with Gasteiger partial charge < -0.3 is 10.5 Å². The van der Waals surface area contributed by atoms with E-state index in [-0.39, 0.29) is 17.9 Å². The molecule has 0 aliphatic rings. The maximum Gasteiger partial charge on any atom is 0.387 e. The van der Waals surface area contributed by atoms with Gasteiger partial charge in [-0.2, -0.15) is 8.78 Å². The van der Waals surface area contributed by atoms with E-state index < -0.39 is 12.4 Å². The van der Waals surface area contributed by atoms with Gasteiger partial charge in [-0.15, -0.1) is 0 Å². The summed E-state index contributed by atoms with van der Waals surface area (Å²) in [6.07, 6.45) is 0. The van der Waals surface area contributed by atoms with E-state index in [1.807, 2.05) is 0 Å². The van der Waals surface area contributed by atoms with Gasteiger partial charge in [0.25, 0.3) is 0 Å². The Morgan fingerprint density at radius 1 is 1.40 bits per heavy atom. The van der Waals surface area contributed by atoms with Crippen molar-refractivity contribution in [2.75, 3.05) is 6.54 Å². The number of nitrogens with two attached hydrogens (primary N) is 1. The molecule has 5 heteroatoms. The van der Waals surface area contributed by atoms with Gasteiger partial charge >= 0.3 is 6.61 Å². The highest BCUT2D eigenvalue weighted by molar-refractivity contribution is 5.46. The molecule has 0 aliphatic carbocycles. The third kappa shape index (κ3) is 3.52. The molecule has 0 amide bonds. The Morgan fingerprint density at radius 2 is 2.13 bits per heavy atom. The van der Waals surface area contributed by atoms with Crippen LogP contribution in [0, 0.1) is 17.7 Å². The standard InChI is InChI=1S/C10H8F3NO/c11-8-4-3-7(2-1-5-14)9(6-8)15-10(12)13/h3-4,6,10H,5,14H2. The van der Waals surface area contributed by atoms with Crippen molar-refractivity contribution < 1.29 is 17.9 Å². The molecule has 2 nitrogen and oxygen atoms in total. The fourth-order valence-corrected chi connectivity index (χ4v) is 0.939. The molecule has 0 aliphatic heterocycles. The van der Waals surface area contributed by atoms with E-state index >= 15 is 0 Å². The molecule has 0 spiro atoms. The van der Waals surface area contributed by atoms with Gasteiger partial charge in [0.1, 0.15) is 11.6 Å². The van der Waals surface area contributed by atoms with Gasteiger partial charge in [-0.1, -0.05) is 11.8 Å². The first kappa shape index (κ1) is 11.4. The summed E-state index contributed by atoms with van der Waals surface area (Å²) >= 11 is 0. The van der Waals surface area contributed by atoms with Gasteiger partial charge in [-0.3, -0.25) is 0 Å². The highest BCUT2D eigenvalue weighted by Gasteiger charge is 2.09. The SMILES string of the molecule is NCC#Cc1ccc(F)cc1OC(F)F. The zero-order chi connectivity index (χ0) is 11.3. The summed E-state index contributed by atoms with van der Waals surface area (Å²) in [5.74, 6) is 4.02. The summed E-state index contributed by atoms with van der Waals surface area (Å²) in [6.45, 7) is -2.92. The van der Waals surface area contributed by atoms with Crippen LogP contribution in [0.25, 0.3) is 0 Å². The summed E-state index contributed by atoms with van der Waals surface area (Å²) in [5.41, 5.74) is 5.30. The second-order valence-corrected chi connectivity index (χ2v) is 2.52. The minimum atomic E-state index is -3.01. The fraction of sp³-hybridized carbons (Fsp3) is 0.200. The topological polar surface area (TPSA) is 35.2 Å². The number of ether oxygens (including phenoxy) is 1. The molecule has 0 saturated heterocycles. The third-order valence-electron chi connectivity index (χ3n) is 1.48. The molecule has 1 aromatic carbocycles. The van der Waals surface area contributed by atoms with E-state index in [1.54, 1.807) is 0 Å². The Kier molecular flexibility index (Phi) is 4.01. The minimum Gasteiger partial charge on any atom is -0.433 e. The quantitative estimate of drug-likeness (QED) is 0.762. The molecule has 0 fully saturated rings. The zero-order valence-corrected chi connectivity index (χ0v) is 7.64. The van der Waals surface area contributed by atoms with Crippen LogP contribution in [0.2, 0.25) is 0 Å². The molecular formula is C10H8F3NO. The average molecular weight is 215 g/mol. The number of hydrogen-bond acceptors (Lipinski definition) is 2. The van der Waals surface area contributed by atoms with E-state index in [1.165, 1.54) is 6.07 Å². The number of halogens is 3. The van der Waals surface area contributed by atoms with Gasteiger partial charge in [0.15, 0.2) is 0 Å². The molecule has 0 saturated carbocycles. The summed E-state index contributed by atoms with van der Waals surface area (Å²) < 4.78 is 40.7. The number of benzene rings is 1. The first-order valence-corrected chi connectivity index (χ1v) is 4.07. The van der Waals surface area contributed by atoms with Gasteiger partial charge in [-0.05, 0) is 12.1 Å². The smallest absolute Gasteiger partial charge is 0.387 e. The van der Waals surface area contributed by atoms with Crippen molar-refractivity contribution >= 4 is 0 Å². The Hall–Kier alpha value is -1.67. The summed E-state index contributed by atoms with van der Waals surface area (Å²) in [4.78, 5) is 0. The van der Waals surface area contributed by atoms with Crippen LogP contribution < -0.4 is 10.5 Å². The minimum absolute atomic E-state index is 0.0888. The Labute approximate surface area is 84.8 Å². The van der Waals surface area contributed by atoms with Gasteiger partial charge in [0, 0.05) is 6.07 Å². The van der Waals surface area contributed by atoms with E-state index in [0.29, 0.717) is 0 Å². The monoisotopic (exact) mass is 215 g/mol. The molecule has 2 N–H and O–H groups in total. The van der Waals surface area contributed by atoms with Crippen LogP contribution in [0.4, 0.5) is 13.2 Å². The Morgan fingerprint density at radius 3 is 2.73 bits per heavy atom. The lowest BCUT2D eigenvalue weighted by Crippen LogP contribution is -2.04. The van der Waals surface area contributed by atoms with Crippen LogP contribution in [-0.4, -0.2) is 13.2 Å². The highest BCUT2D eigenvalue weighted by Crippen LogP contribution is 2.20. The van der Waals surface area contributed by atoms with Crippen molar-refractivity contribution in [1.29, 1.82) is 0 Å². The van der Waals surface area contributed by atoms with Crippen LogP contribution in [0.3, 0.4) is 0 Å². The van der Waals surface area contributed by atoms with Crippen LogP contribution in [-0.2, 0) is 0 Å². The first-order chi connectivity index (χ1) is 7.13. The lowest BCUT2D eigenvalue weighted by atomic mass is 10.2. The Bertz CT molecular complexity index is 395. The predicted molar refractivity (Wildman–Crippen MR) is 49.0 cm³/mol. The van der Waals surface area contributed by atoms with E-state index in [2.05, 4.69) is 16.6 Å². The van der Waals surface area contributed by atoms with Crippen molar-refractivity contribution in [2.45, 2.75) is 6.61 Å². The molecule has 0 aromatic heterocycles. The molecule has 15 heavy (non-hydrogen) atoms. The van der Waals surface area contributed by atoms with Gasteiger partial charge in [0.05, 0.1) is 12.1 Å². The first-order valence-electron chi connectivity index (χ1n) is 4.07. The molecule has 80 valence electrons. The second kappa shape index (κ2) is 5.27. The van der Waals surface area contributed by atoms with Crippen LogP contribution in [0.1, 0.15) is 5.56 Å². The normalized spacial score (nSPS) is 9.67. The summed E-state index contributed by atoms with van der Waals surface area (Å²) in [6, 6.07) is 3.22. The van der Waals surface area contributed by atoms with Crippen LogP contribution in [0.5, 0.6) is 5.75 Å². The van der Waals surface area contributed by atoms with E-state index in [9.17, 15) is 13.2 Å². The third-order valence-corrected chi connectivity index (χ3v) is 1.48. The fourth-order valence-electron chi connectivity index (χ4n) is 0.939. The summed E-state index contributed by atoms with van der Waals surface area (Å²) in [7, 11) is 0. The lowest BCUT2D eigenvalue weighted by molar-refractivity contribution is -0.0501. The van der Waals surface area contributed by atoms with Crippen molar-refractivity contribution in [3.05, 3.63) is 29.6 Å². The largest absolute Gasteiger partial charge is 0.433 e.